The van der Waals surface area contributed by atoms with E-state index in [-0.39, 0.29) is 12.3 Å². The predicted octanol–water partition coefficient (Wildman–Crippen LogP) is 1.91. The van der Waals surface area contributed by atoms with Crippen LogP contribution in [0.5, 0.6) is 0 Å². The van der Waals surface area contributed by atoms with Gasteiger partial charge in [0.15, 0.2) is 0 Å². The van der Waals surface area contributed by atoms with Gasteiger partial charge in [-0.15, -0.1) is 0 Å². The number of rotatable bonds is 4. The monoisotopic (exact) mass is 251 g/mol. The molecule has 0 saturated carbocycles. The number of aryl methyl sites for hydroxylation is 1. The van der Waals surface area contributed by atoms with E-state index in [0.29, 0.717) is 31.0 Å². The highest BCUT2D eigenvalue weighted by Crippen LogP contribution is 2.23. The molecule has 98 valence electrons. The molecule has 1 fully saturated rings. The van der Waals surface area contributed by atoms with Crippen molar-refractivity contribution in [2.24, 2.45) is 5.92 Å². The normalized spacial score (nSPS) is 19.2. The fourth-order valence-electron chi connectivity index (χ4n) is 2.32. The number of likely N-dealkylation sites (tertiary alicyclic amines) is 1. The van der Waals surface area contributed by atoms with Crippen LogP contribution in [0.25, 0.3) is 0 Å². The van der Waals surface area contributed by atoms with Gasteiger partial charge >= 0.3 is 5.97 Å². The van der Waals surface area contributed by atoms with E-state index >= 15 is 0 Å². The molecule has 0 aliphatic carbocycles. The van der Waals surface area contributed by atoms with Crippen molar-refractivity contribution in [2.75, 3.05) is 13.1 Å². The van der Waals surface area contributed by atoms with E-state index in [1.807, 2.05) is 0 Å². The summed E-state index contributed by atoms with van der Waals surface area (Å²) in [6, 6.07) is 1.73. The molecular formula is C13H17NO4. The lowest BCUT2D eigenvalue weighted by Crippen LogP contribution is -2.28. The Morgan fingerprint density at radius 1 is 1.56 bits per heavy atom. The molecule has 1 N–H and O–H groups in total. The summed E-state index contributed by atoms with van der Waals surface area (Å²) in [5, 5.41) is 8.64. The maximum absolute atomic E-state index is 12.1. The number of aliphatic carboxylic acids is 1. The van der Waals surface area contributed by atoms with Crippen LogP contribution in [0.15, 0.2) is 16.7 Å². The number of amides is 1. The number of hydrogen-bond donors (Lipinski definition) is 1. The molecule has 1 aliphatic rings. The van der Waals surface area contributed by atoms with Gasteiger partial charge in [0.25, 0.3) is 5.91 Å². The van der Waals surface area contributed by atoms with Crippen molar-refractivity contribution in [1.29, 1.82) is 0 Å². The van der Waals surface area contributed by atoms with Gasteiger partial charge in [0, 0.05) is 19.5 Å². The number of carbonyl (C=O) groups is 2. The minimum absolute atomic E-state index is 0.0234. The fraction of sp³-hybridized carbons (Fsp3) is 0.538. The van der Waals surface area contributed by atoms with Gasteiger partial charge in [-0.1, -0.05) is 0 Å². The Morgan fingerprint density at radius 3 is 2.94 bits per heavy atom. The number of carbonyl (C=O) groups excluding carboxylic acids is 1. The zero-order valence-corrected chi connectivity index (χ0v) is 10.4. The van der Waals surface area contributed by atoms with Crippen LogP contribution in [-0.4, -0.2) is 35.0 Å². The summed E-state index contributed by atoms with van der Waals surface area (Å²) in [6.45, 7) is 3.15. The summed E-state index contributed by atoms with van der Waals surface area (Å²) < 4.78 is 5.13. The minimum atomic E-state index is -0.773. The van der Waals surface area contributed by atoms with Gasteiger partial charge in [-0.25, -0.2) is 0 Å². The first-order chi connectivity index (χ1) is 8.56. The molecule has 5 heteroatoms. The Morgan fingerprint density at radius 2 is 2.33 bits per heavy atom. The number of hydrogen-bond acceptors (Lipinski definition) is 3. The molecule has 1 aromatic rings. The van der Waals surface area contributed by atoms with Crippen molar-refractivity contribution >= 4 is 11.9 Å². The van der Waals surface area contributed by atoms with Crippen LogP contribution in [-0.2, 0) is 4.79 Å². The second-order valence-electron chi connectivity index (χ2n) is 4.78. The minimum Gasteiger partial charge on any atom is -0.481 e. The SMILES string of the molecule is Cc1cc(C(=O)N2CCC(CCC(=O)O)C2)co1. The predicted molar refractivity (Wildman–Crippen MR) is 64.3 cm³/mol. The summed E-state index contributed by atoms with van der Waals surface area (Å²) in [4.78, 5) is 24.4. The Kier molecular flexibility index (Phi) is 3.69. The van der Waals surface area contributed by atoms with E-state index in [1.54, 1.807) is 17.9 Å². The number of carboxylic acids is 1. The summed E-state index contributed by atoms with van der Waals surface area (Å²) in [7, 11) is 0. The lowest BCUT2D eigenvalue weighted by Gasteiger charge is -2.15. The Hall–Kier alpha value is -1.78. The highest BCUT2D eigenvalue weighted by atomic mass is 16.4. The number of carboxylic acid groups (broad SMARTS) is 1. The maximum Gasteiger partial charge on any atom is 0.303 e. The van der Waals surface area contributed by atoms with E-state index in [2.05, 4.69) is 0 Å². The van der Waals surface area contributed by atoms with Crippen molar-refractivity contribution in [3.63, 3.8) is 0 Å². The third kappa shape index (κ3) is 2.91. The number of nitrogens with zero attached hydrogens (tertiary/aromatic N) is 1. The Balaban J connectivity index is 1.88. The van der Waals surface area contributed by atoms with Gasteiger partial charge in [-0.2, -0.15) is 0 Å². The smallest absolute Gasteiger partial charge is 0.303 e. The maximum atomic E-state index is 12.1. The largest absolute Gasteiger partial charge is 0.481 e. The molecule has 1 atom stereocenters. The molecule has 0 spiro atoms. The van der Waals surface area contributed by atoms with Crippen LogP contribution >= 0.6 is 0 Å². The van der Waals surface area contributed by atoms with Crippen molar-refractivity contribution < 1.29 is 19.1 Å². The average molecular weight is 251 g/mol. The van der Waals surface area contributed by atoms with E-state index in [9.17, 15) is 9.59 Å². The topological polar surface area (TPSA) is 70.8 Å². The molecule has 0 radical (unpaired) electrons. The first-order valence-electron chi connectivity index (χ1n) is 6.12. The zero-order valence-electron chi connectivity index (χ0n) is 10.4. The lowest BCUT2D eigenvalue weighted by molar-refractivity contribution is -0.137. The van der Waals surface area contributed by atoms with Gasteiger partial charge in [-0.3, -0.25) is 9.59 Å². The standard InChI is InChI=1S/C13H17NO4/c1-9-6-11(8-18-9)13(17)14-5-4-10(7-14)2-3-12(15)16/h6,8,10H,2-5,7H2,1H3,(H,15,16). The van der Waals surface area contributed by atoms with Crippen molar-refractivity contribution in [2.45, 2.75) is 26.2 Å². The molecule has 1 aliphatic heterocycles. The van der Waals surface area contributed by atoms with E-state index in [4.69, 9.17) is 9.52 Å². The second-order valence-corrected chi connectivity index (χ2v) is 4.78. The Labute approximate surface area is 105 Å². The average Bonchev–Trinajstić information content (AvgIpc) is 2.94. The van der Waals surface area contributed by atoms with Gasteiger partial charge in [-0.05, 0) is 31.7 Å². The highest BCUT2D eigenvalue weighted by Gasteiger charge is 2.27. The molecule has 5 nitrogen and oxygen atoms in total. The Bertz CT molecular complexity index is 452. The molecule has 2 rings (SSSR count). The van der Waals surface area contributed by atoms with Gasteiger partial charge in [0.05, 0.1) is 5.56 Å². The number of furan rings is 1. The summed E-state index contributed by atoms with van der Waals surface area (Å²) in [5.74, 6) is 0.230. The van der Waals surface area contributed by atoms with Crippen LogP contribution in [0.3, 0.4) is 0 Å². The molecule has 1 saturated heterocycles. The van der Waals surface area contributed by atoms with Crippen LogP contribution < -0.4 is 0 Å². The molecule has 2 heterocycles. The van der Waals surface area contributed by atoms with Crippen LogP contribution in [0.1, 0.15) is 35.4 Å². The summed E-state index contributed by atoms with van der Waals surface area (Å²) in [5.41, 5.74) is 0.575. The van der Waals surface area contributed by atoms with Crippen molar-refractivity contribution in [3.8, 4) is 0 Å². The zero-order chi connectivity index (χ0) is 13.1. The molecule has 1 unspecified atom stereocenters. The van der Waals surface area contributed by atoms with Crippen LogP contribution in [0, 0.1) is 12.8 Å². The summed E-state index contributed by atoms with van der Waals surface area (Å²) in [6.07, 6.45) is 3.18. The molecule has 0 aromatic carbocycles. The fourth-order valence-corrected chi connectivity index (χ4v) is 2.32. The molecule has 18 heavy (non-hydrogen) atoms. The van der Waals surface area contributed by atoms with Gasteiger partial charge in [0.2, 0.25) is 0 Å². The molecule has 1 aromatic heterocycles. The van der Waals surface area contributed by atoms with Crippen LogP contribution in [0.4, 0.5) is 0 Å². The molecule has 1 amide bonds. The van der Waals surface area contributed by atoms with E-state index in [1.165, 1.54) is 6.26 Å². The molecular weight excluding hydrogens is 234 g/mol. The van der Waals surface area contributed by atoms with E-state index in [0.717, 1.165) is 12.2 Å². The first-order valence-corrected chi connectivity index (χ1v) is 6.12. The summed E-state index contributed by atoms with van der Waals surface area (Å²) >= 11 is 0. The van der Waals surface area contributed by atoms with Gasteiger partial charge < -0.3 is 14.4 Å². The van der Waals surface area contributed by atoms with Crippen molar-refractivity contribution in [1.82, 2.24) is 4.90 Å². The van der Waals surface area contributed by atoms with Gasteiger partial charge in [0.1, 0.15) is 12.0 Å². The van der Waals surface area contributed by atoms with Crippen LogP contribution in [0.2, 0.25) is 0 Å². The van der Waals surface area contributed by atoms with E-state index < -0.39 is 5.97 Å². The van der Waals surface area contributed by atoms with Crippen molar-refractivity contribution in [3.05, 3.63) is 23.7 Å². The molecule has 0 bridgehead atoms. The lowest BCUT2D eigenvalue weighted by atomic mass is 10.0. The highest BCUT2D eigenvalue weighted by molar-refractivity contribution is 5.94. The third-order valence-corrected chi connectivity index (χ3v) is 3.32. The third-order valence-electron chi connectivity index (χ3n) is 3.32. The first kappa shape index (κ1) is 12.7. The quantitative estimate of drug-likeness (QED) is 0.887. The second kappa shape index (κ2) is 5.25.